The summed E-state index contributed by atoms with van der Waals surface area (Å²) >= 11 is 0. The highest BCUT2D eigenvalue weighted by atomic mass is 16.6. The highest BCUT2D eigenvalue weighted by molar-refractivity contribution is 5.75. The maximum Gasteiger partial charge on any atom is 0.389 e. The summed E-state index contributed by atoms with van der Waals surface area (Å²) in [6, 6.07) is 0.921. The summed E-state index contributed by atoms with van der Waals surface area (Å²) < 4.78 is 1.18. The molecule has 0 aliphatic carbocycles. The Morgan fingerprint density at radius 2 is 2.47 bits per heavy atom. The van der Waals surface area contributed by atoms with Crippen LogP contribution in [0.4, 0.5) is 5.82 Å². The van der Waals surface area contributed by atoms with Crippen molar-refractivity contribution < 1.29 is 14.8 Å². The highest BCUT2D eigenvalue weighted by Gasteiger charge is 2.15. The van der Waals surface area contributed by atoms with Crippen molar-refractivity contribution in [1.82, 2.24) is 15.1 Å². The van der Waals surface area contributed by atoms with Gasteiger partial charge in [-0.15, -0.1) is 0 Å². The molecule has 1 atom stereocenters. The van der Waals surface area contributed by atoms with Crippen LogP contribution < -0.4 is 5.32 Å². The molecular weight excluding hydrogens is 228 g/mol. The van der Waals surface area contributed by atoms with Crippen molar-refractivity contribution in [3.05, 3.63) is 22.4 Å². The number of carbonyl (C=O) groups excluding carboxylic acids is 1. The molecule has 8 heteroatoms. The Kier molecular flexibility index (Phi) is 4.58. The van der Waals surface area contributed by atoms with Gasteiger partial charge in [0, 0.05) is 0 Å². The van der Waals surface area contributed by atoms with Crippen LogP contribution in [0.5, 0.6) is 0 Å². The summed E-state index contributed by atoms with van der Waals surface area (Å²) in [4.78, 5) is 21.2. The third-order valence-corrected chi connectivity index (χ3v) is 2.20. The van der Waals surface area contributed by atoms with Crippen molar-refractivity contribution in [3.63, 3.8) is 0 Å². The maximum atomic E-state index is 11.5. The van der Waals surface area contributed by atoms with Crippen molar-refractivity contribution in [3.8, 4) is 0 Å². The molecule has 0 aliphatic heterocycles. The molecule has 1 amide bonds. The van der Waals surface area contributed by atoms with Crippen molar-refractivity contribution in [2.75, 3.05) is 6.61 Å². The highest BCUT2D eigenvalue weighted by Crippen LogP contribution is 2.04. The van der Waals surface area contributed by atoms with E-state index in [0.717, 1.165) is 0 Å². The van der Waals surface area contributed by atoms with E-state index in [0.29, 0.717) is 6.42 Å². The lowest BCUT2D eigenvalue weighted by Gasteiger charge is -2.12. The minimum atomic E-state index is -0.628. The van der Waals surface area contributed by atoms with Gasteiger partial charge in [0.05, 0.1) is 30.0 Å². The minimum Gasteiger partial charge on any atom is -0.394 e. The zero-order chi connectivity index (χ0) is 12.8. The number of rotatable bonds is 6. The molecule has 0 fully saturated rings. The first kappa shape index (κ1) is 13.1. The number of nitrogens with zero attached hydrogens (tertiary/aromatic N) is 3. The summed E-state index contributed by atoms with van der Waals surface area (Å²) in [6.45, 7) is 1.59. The zero-order valence-electron chi connectivity index (χ0n) is 9.37. The molecule has 94 valence electrons. The third kappa shape index (κ3) is 3.83. The first-order valence-electron chi connectivity index (χ1n) is 5.14. The summed E-state index contributed by atoms with van der Waals surface area (Å²) in [5.41, 5.74) is 0. The molecule has 0 aromatic carbocycles. The monoisotopic (exact) mass is 242 g/mol. The van der Waals surface area contributed by atoms with Gasteiger partial charge < -0.3 is 20.5 Å². The van der Waals surface area contributed by atoms with Gasteiger partial charge in [0.25, 0.3) is 0 Å². The van der Waals surface area contributed by atoms with Crippen LogP contribution in [0.2, 0.25) is 0 Å². The molecule has 1 heterocycles. The van der Waals surface area contributed by atoms with E-state index in [9.17, 15) is 14.9 Å². The van der Waals surface area contributed by atoms with E-state index in [1.165, 1.54) is 16.9 Å². The van der Waals surface area contributed by atoms with Crippen molar-refractivity contribution in [1.29, 1.82) is 0 Å². The van der Waals surface area contributed by atoms with Gasteiger partial charge >= 0.3 is 5.82 Å². The molecular formula is C9H14N4O4. The van der Waals surface area contributed by atoms with Gasteiger partial charge in [0.2, 0.25) is 5.91 Å². The van der Waals surface area contributed by atoms with Gasteiger partial charge in [0.1, 0.15) is 6.54 Å². The Morgan fingerprint density at radius 3 is 2.94 bits per heavy atom. The van der Waals surface area contributed by atoms with Gasteiger partial charge in [-0.05, 0) is 11.3 Å². The second kappa shape index (κ2) is 5.94. The van der Waals surface area contributed by atoms with Gasteiger partial charge in [0.15, 0.2) is 0 Å². The number of hydrogen-bond acceptors (Lipinski definition) is 5. The van der Waals surface area contributed by atoms with Crippen LogP contribution in [0.1, 0.15) is 13.3 Å². The number of hydrogen-bond donors (Lipinski definition) is 2. The molecule has 0 spiro atoms. The molecule has 0 saturated carbocycles. The Bertz CT molecular complexity index is 399. The summed E-state index contributed by atoms with van der Waals surface area (Å²) in [6.07, 6.45) is 1.97. The molecule has 17 heavy (non-hydrogen) atoms. The lowest BCUT2D eigenvalue weighted by Crippen LogP contribution is -2.38. The quantitative estimate of drug-likeness (QED) is 0.524. The van der Waals surface area contributed by atoms with Crippen LogP contribution in [0.3, 0.4) is 0 Å². The average Bonchev–Trinajstić information content (AvgIpc) is 2.74. The molecule has 0 unspecified atom stereocenters. The Labute approximate surface area is 97.4 Å². The number of aromatic nitrogens is 2. The summed E-state index contributed by atoms with van der Waals surface area (Å²) in [5, 5.41) is 25.4. The van der Waals surface area contributed by atoms with E-state index in [1.54, 1.807) is 0 Å². The van der Waals surface area contributed by atoms with Crippen molar-refractivity contribution >= 4 is 11.7 Å². The molecule has 1 aromatic heterocycles. The lowest BCUT2D eigenvalue weighted by atomic mass is 10.2. The Balaban J connectivity index is 2.52. The van der Waals surface area contributed by atoms with Crippen LogP contribution in [0, 0.1) is 10.1 Å². The van der Waals surface area contributed by atoms with Crippen molar-refractivity contribution in [2.45, 2.75) is 25.9 Å². The second-order valence-electron chi connectivity index (χ2n) is 3.48. The smallest absolute Gasteiger partial charge is 0.389 e. The molecule has 8 nitrogen and oxygen atoms in total. The van der Waals surface area contributed by atoms with E-state index in [1.807, 2.05) is 6.92 Å². The fourth-order valence-corrected chi connectivity index (χ4v) is 1.23. The van der Waals surface area contributed by atoms with E-state index < -0.39 is 4.92 Å². The number of aliphatic hydroxyl groups excluding tert-OH is 1. The fraction of sp³-hybridized carbons (Fsp3) is 0.556. The molecule has 0 saturated heterocycles. The largest absolute Gasteiger partial charge is 0.394 e. The number of aliphatic hydroxyl groups is 1. The third-order valence-electron chi connectivity index (χ3n) is 2.20. The molecule has 0 aliphatic rings. The minimum absolute atomic E-state index is 0.107. The normalized spacial score (nSPS) is 12.1. The Morgan fingerprint density at radius 1 is 1.76 bits per heavy atom. The first-order chi connectivity index (χ1) is 8.06. The van der Waals surface area contributed by atoms with E-state index >= 15 is 0 Å². The van der Waals surface area contributed by atoms with Crippen LogP contribution in [-0.2, 0) is 11.3 Å². The lowest BCUT2D eigenvalue weighted by molar-refractivity contribution is -0.389. The molecule has 2 N–H and O–H groups in total. The topological polar surface area (TPSA) is 110 Å². The summed E-state index contributed by atoms with van der Waals surface area (Å²) in [5.74, 6) is -0.643. The maximum absolute atomic E-state index is 11.5. The SMILES string of the molecule is CC[C@@H](CO)NC(=O)Cn1ccc([N+](=O)[O-])n1. The zero-order valence-corrected chi connectivity index (χ0v) is 9.37. The van der Waals surface area contributed by atoms with Crippen LogP contribution >= 0.6 is 0 Å². The van der Waals surface area contributed by atoms with Gasteiger partial charge in [-0.2, -0.15) is 4.68 Å². The van der Waals surface area contributed by atoms with Gasteiger partial charge in [-0.25, -0.2) is 0 Å². The standard InChI is InChI=1S/C9H14N4O4/c1-2-7(6-14)10-9(15)5-12-4-3-8(11-12)13(16)17/h3-4,7,14H,2,5-6H2,1H3,(H,10,15)/t7-/m0/s1. The van der Waals surface area contributed by atoms with Gasteiger partial charge in [-0.1, -0.05) is 6.92 Å². The molecule has 1 rings (SSSR count). The second-order valence-corrected chi connectivity index (χ2v) is 3.48. The first-order valence-corrected chi connectivity index (χ1v) is 5.14. The average molecular weight is 242 g/mol. The molecule has 0 bridgehead atoms. The van der Waals surface area contributed by atoms with Crippen LogP contribution in [-0.4, -0.2) is 38.4 Å². The van der Waals surface area contributed by atoms with E-state index in [4.69, 9.17) is 5.11 Å². The number of nitrogens with one attached hydrogen (secondary N) is 1. The van der Waals surface area contributed by atoms with Gasteiger partial charge in [-0.3, -0.25) is 4.79 Å². The number of carbonyl (C=O) groups is 1. The number of nitro groups is 1. The van der Waals surface area contributed by atoms with E-state index in [2.05, 4.69) is 10.4 Å². The fourth-order valence-electron chi connectivity index (χ4n) is 1.23. The van der Waals surface area contributed by atoms with Crippen molar-refractivity contribution in [2.24, 2.45) is 0 Å². The predicted octanol–water partition coefficient (Wildman–Crippen LogP) is -0.322. The molecule has 0 radical (unpaired) electrons. The predicted molar refractivity (Wildman–Crippen MR) is 58.2 cm³/mol. The molecule has 1 aromatic rings. The van der Waals surface area contributed by atoms with Crippen LogP contribution in [0.15, 0.2) is 12.3 Å². The van der Waals surface area contributed by atoms with Crippen LogP contribution in [0.25, 0.3) is 0 Å². The number of amides is 1. The Hall–Kier alpha value is -1.96. The summed E-state index contributed by atoms with van der Waals surface area (Å²) in [7, 11) is 0. The van der Waals surface area contributed by atoms with E-state index in [-0.39, 0.29) is 30.9 Å².